The maximum absolute atomic E-state index is 12.3. The molecule has 2 aliphatic heterocycles. The first-order valence-electron chi connectivity index (χ1n) is 6.27. The van der Waals surface area contributed by atoms with Gasteiger partial charge in [-0.3, -0.25) is 4.79 Å². The smallest absolute Gasteiger partial charge is 0.480 e. The number of fused-ring (bicyclic) bond motifs is 1. The summed E-state index contributed by atoms with van der Waals surface area (Å²) in [5, 5.41) is 9.10. The fraction of sp³-hybridized carbons (Fsp3) is 0.636. The summed E-state index contributed by atoms with van der Waals surface area (Å²) >= 11 is 0. The van der Waals surface area contributed by atoms with E-state index in [1.165, 1.54) is 7.11 Å². The molecule has 3 atom stereocenters. The van der Waals surface area contributed by atoms with Crippen molar-refractivity contribution in [3.8, 4) is 0 Å². The van der Waals surface area contributed by atoms with Crippen molar-refractivity contribution >= 4 is 22.0 Å². The fourth-order valence-corrected chi connectivity index (χ4v) is 3.14. The number of carboxylic acids is 1. The van der Waals surface area contributed by atoms with E-state index in [0.29, 0.717) is 6.08 Å². The lowest BCUT2D eigenvalue weighted by atomic mass is 10.0. The molecule has 0 bridgehead atoms. The van der Waals surface area contributed by atoms with Crippen molar-refractivity contribution in [1.29, 1.82) is 0 Å². The lowest BCUT2D eigenvalue weighted by Crippen LogP contribution is -2.48. The van der Waals surface area contributed by atoms with Gasteiger partial charge < -0.3 is 18.9 Å². The van der Waals surface area contributed by atoms with Crippen LogP contribution in [0.5, 0.6) is 0 Å². The Hall–Kier alpha value is -1.82. The Bertz CT molecular complexity index is 657. The number of hydrogen-bond donors (Lipinski definition) is 1. The molecule has 0 spiro atoms. The second-order valence-electron chi connectivity index (χ2n) is 4.97. The average molecular weight is 359 g/mol. The number of rotatable bonds is 4. The van der Waals surface area contributed by atoms with Gasteiger partial charge in [0.2, 0.25) is 0 Å². The molecule has 1 unspecified atom stereocenters. The summed E-state index contributed by atoms with van der Waals surface area (Å²) in [5.74, 6) is -2.94. The van der Waals surface area contributed by atoms with Gasteiger partial charge in [0.1, 0.15) is 11.8 Å². The van der Waals surface area contributed by atoms with E-state index in [-0.39, 0.29) is 6.42 Å². The number of hydrogen-bond acceptors (Lipinski definition) is 6. The van der Waals surface area contributed by atoms with Crippen molar-refractivity contribution < 1.29 is 45.2 Å². The number of carbonyl (C=O) groups is 2. The van der Waals surface area contributed by atoms with E-state index >= 15 is 0 Å². The number of halogens is 3. The molecular weight excluding hydrogens is 347 g/mol. The molecule has 2 aliphatic rings. The summed E-state index contributed by atoms with van der Waals surface area (Å²) in [6, 6.07) is -2.12. The van der Waals surface area contributed by atoms with Gasteiger partial charge in [-0.2, -0.15) is 21.6 Å². The summed E-state index contributed by atoms with van der Waals surface area (Å²) in [6.45, 7) is 0. The monoisotopic (exact) mass is 359 g/mol. The highest BCUT2D eigenvalue weighted by atomic mass is 32.2. The predicted octanol–water partition coefficient (Wildman–Crippen LogP) is 0.209. The topological polar surface area (TPSA) is 110 Å². The molecule has 0 aliphatic carbocycles. The Kier molecular flexibility index (Phi) is 4.32. The number of methoxy groups -OCH3 is 1. The van der Waals surface area contributed by atoms with E-state index in [2.05, 4.69) is 4.18 Å². The highest BCUT2D eigenvalue weighted by molar-refractivity contribution is 7.87. The lowest BCUT2D eigenvalue weighted by Gasteiger charge is -2.32. The molecule has 0 aromatic heterocycles. The molecule has 1 amide bonds. The second kappa shape index (κ2) is 5.67. The largest absolute Gasteiger partial charge is 0.534 e. The minimum atomic E-state index is -5.90. The van der Waals surface area contributed by atoms with Gasteiger partial charge in [-0.1, -0.05) is 0 Å². The predicted molar refractivity (Wildman–Crippen MR) is 66.2 cm³/mol. The number of carbonyl (C=O) groups excluding carboxylic acids is 1. The molecule has 1 fully saturated rings. The first-order chi connectivity index (χ1) is 10.5. The maximum atomic E-state index is 12.3. The molecule has 23 heavy (non-hydrogen) atoms. The molecule has 8 nitrogen and oxygen atoms in total. The van der Waals surface area contributed by atoms with Crippen molar-refractivity contribution in [2.24, 2.45) is 0 Å². The molecule has 2 heterocycles. The van der Waals surface area contributed by atoms with Crippen LogP contribution in [0.25, 0.3) is 0 Å². The number of carboxylic acid groups (broad SMARTS) is 1. The number of ether oxygens (including phenoxy) is 1. The van der Waals surface area contributed by atoms with Crippen molar-refractivity contribution in [3.05, 3.63) is 11.8 Å². The third-order valence-corrected chi connectivity index (χ3v) is 4.62. The Morgan fingerprint density at radius 1 is 1.43 bits per heavy atom. The molecule has 0 saturated carbocycles. The Labute approximate surface area is 128 Å². The third kappa shape index (κ3) is 3.13. The van der Waals surface area contributed by atoms with Crippen molar-refractivity contribution in [2.75, 3.05) is 7.11 Å². The number of aliphatic carboxylic acids is 1. The first kappa shape index (κ1) is 17.5. The van der Waals surface area contributed by atoms with Crippen LogP contribution in [0.3, 0.4) is 0 Å². The minimum absolute atomic E-state index is 0.0601. The van der Waals surface area contributed by atoms with Crippen molar-refractivity contribution in [2.45, 2.75) is 36.5 Å². The number of alkyl halides is 3. The molecule has 0 aromatic rings. The van der Waals surface area contributed by atoms with Gasteiger partial charge in [0, 0.05) is 26.0 Å². The SMILES string of the molecule is CO[C@@H]1C[C@@H](C(=O)O)N2C(=O)C=C(OS(=O)(=O)C(F)(F)F)CC12. The number of amides is 1. The van der Waals surface area contributed by atoms with Gasteiger partial charge in [-0.05, 0) is 0 Å². The molecule has 1 N–H and O–H groups in total. The van der Waals surface area contributed by atoms with Gasteiger partial charge in [-0.15, -0.1) is 0 Å². The van der Waals surface area contributed by atoms with E-state index in [1.54, 1.807) is 0 Å². The van der Waals surface area contributed by atoms with Gasteiger partial charge in [0.05, 0.1) is 12.1 Å². The Morgan fingerprint density at radius 2 is 2.04 bits per heavy atom. The summed E-state index contributed by atoms with van der Waals surface area (Å²) in [4.78, 5) is 24.1. The van der Waals surface area contributed by atoms with Crippen molar-refractivity contribution in [1.82, 2.24) is 4.90 Å². The quantitative estimate of drug-likeness (QED) is 0.564. The van der Waals surface area contributed by atoms with Crippen LogP contribution in [0.2, 0.25) is 0 Å². The molecule has 130 valence electrons. The van der Waals surface area contributed by atoms with E-state index in [0.717, 1.165) is 4.90 Å². The minimum Gasteiger partial charge on any atom is -0.480 e. The fourth-order valence-electron chi connectivity index (χ4n) is 2.64. The highest BCUT2D eigenvalue weighted by Crippen LogP contribution is 2.36. The third-order valence-electron chi connectivity index (χ3n) is 3.62. The number of nitrogens with zero attached hydrogens (tertiary/aromatic N) is 1. The van der Waals surface area contributed by atoms with Gasteiger partial charge in [-0.25, -0.2) is 4.79 Å². The summed E-state index contributed by atoms with van der Waals surface area (Å²) in [6.07, 6.45) is -0.673. The highest BCUT2D eigenvalue weighted by Gasteiger charge is 2.52. The Morgan fingerprint density at radius 3 is 2.52 bits per heavy atom. The lowest BCUT2D eigenvalue weighted by molar-refractivity contribution is -0.148. The zero-order valence-corrected chi connectivity index (χ0v) is 12.4. The molecule has 1 saturated heterocycles. The molecule has 12 heteroatoms. The summed E-state index contributed by atoms with van der Waals surface area (Å²) in [5.41, 5.74) is -5.63. The zero-order chi connectivity index (χ0) is 17.6. The van der Waals surface area contributed by atoms with Gasteiger partial charge in [0.25, 0.3) is 5.91 Å². The molecule has 0 radical (unpaired) electrons. The van der Waals surface area contributed by atoms with E-state index in [4.69, 9.17) is 9.84 Å². The van der Waals surface area contributed by atoms with Crippen LogP contribution >= 0.6 is 0 Å². The van der Waals surface area contributed by atoms with E-state index in [1.807, 2.05) is 0 Å². The van der Waals surface area contributed by atoms with Crippen LogP contribution in [0.15, 0.2) is 11.8 Å². The van der Waals surface area contributed by atoms with Crippen LogP contribution in [0.1, 0.15) is 12.8 Å². The maximum Gasteiger partial charge on any atom is 0.534 e. The average Bonchev–Trinajstić information content (AvgIpc) is 2.76. The van der Waals surface area contributed by atoms with Crippen molar-refractivity contribution in [3.63, 3.8) is 0 Å². The Balaban J connectivity index is 2.29. The normalized spacial score (nSPS) is 28.3. The van der Waals surface area contributed by atoms with Gasteiger partial charge in [0.15, 0.2) is 0 Å². The molecule has 2 rings (SSSR count). The van der Waals surface area contributed by atoms with Crippen LogP contribution < -0.4 is 0 Å². The second-order valence-corrected chi connectivity index (χ2v) is 6.51. The standard InChI is InChI=1S/C11H12F3NO7S/c1-21-8-4-7(10(17)18)15-6(8)2-5(3-9(15)16)22-23(19,20)11(12,13)14/h3,6-8H,2,4H2,1H3,(H,17,18)/t6?,7-,8+/m0/s1. The van der Waals surface area contributed by atoms with Crippen LogP contribution in [-0.2, 0) is 28.6 Å². The van der Waals surface area contributed by atoms with Gasteiger partial charge >= 0.3 is 21.6 Å². The van der Waals surface area contributed by atoms with E-state index < -0.39 is 57.9 Å². The molecule has 0 aromatic carbocycles. The summed E-state index contributed by atoms with van der Waals surface area (Å²) in [7, 11) is -4.65. The zero-order valence-electron chi connectivity index (χ0n) is 11.6. The van der Waals surface area contributed by atoms with Crippen LogP contribution in [0.4, 0.5) is 13.2 Å². The summed E-state index contributed by atoms with van der Waals surface area (Å²) < 4.78 is 68.0. The van der Waals surface area contributed by atoms with E-state index in [9.17, 15) is 31.2 Å². The van der Waals surface area contributed by atoms with Crippen LogP contribution in [-0.4, -0.2) is 61.1 Å². The first-order valence-corrected chi connectivity index (χ1v) is 7.68. The van der Waals surface area contributed by atoms with Crippen LogP contribution in [0, 0.1) is 0 Å². The molecular formula is C11H12F3NO7S.